The van der Waals surface area contributed by atoms with Crippen LogP contribution in [0.15, 0.2) is 0 Å². The largest absolute Gasteiger partial charge is 0.469 e. The average Bonchev–Trinajstić information content (AvgIpc) is 2.29. The zero-order valence-corrected chi connectivity index (χ0v) is 9.37. The van der Waals surface area contributed by atoms with Gasteiger partial charge in [-0.1, -0.05) is 0 Å². The van der Waals surface area contributed by atoms with E-state index in [2.05, 4.69) is 4.74 Å². The molecule has 0 saturated carbocycles. The Kier molecular flexibility index (Phi) is 6.36. The predicted octanol–water partition coefficient (Wildman–Crippen LogP) is 1.38. The molecule has 0 aromatic rings. The Morgan fingerprint density at radius 2 is 2.13 bits per heavy atom. The summed E-state index contributed by atoms with van der Waals surface area (Å²) in [7, 11) is 1.41. The van der Waals surface area contributed by atoms with Crippen LogP contribution in [-0.4, -0.2) is 39.5 Å². The normalized spacial score (nSPS) is 17.7. The number of carbonyl (C=O) groups excluding carboxylic acids is 1. The molecule has 1 heterocycles. The van der Waals surface area contributed by atoms with E-state index in [1.54, 1.807) is 0 Å². The third-order valence-corrected chi connectivity index (χ3v) is 2.59. The van der Waals surface area contributed by atoms with Crippen molar-refractivity contribution in [1.82, 2.24) is 0 Å². The Hall–Kier alpha value is -0.610. The summed E-state index contributed by atoms with van der Waals surface area (Å²) >= 11 is 0. The zero-order valence-electron chi connectivity index (χ0n) is 9.37. The first-order valence-electron chi connectivity index (χ1n) is 5.55. The Morgan fingerprint density at radius 3 is 2.80 bits per heavy atom. The van der Waals surface area contributed by atoms with Crippen molar-refractivity contribution in [2.75, 3.05) is 33.5 Å². The first-order valence-corrected chi connectivity index (χ1v) is 5.55. The maximum absolute atomic E-state index is 10.8. The molecular formula is C11H20O4. The van der Waals surface area contributed by atoms with Gasteiger partial charge in [-0.15, -0.1) is 0 Å². The fourth-order valence-electron chi connectivity index (χ4n) is 1.58. The summed E-state index contributed by atoms with van der Waals surface area (Å²) in [4.78, 5) is 10.8. The van der Waals surface area contributed by atoms with Crippen molar-refractivity contribution in [2.24, 2.45) is 5.92 Å². The van der Waals surface area contributed by atoms with Crippen LogP contribution in [0.4, 0.5) is 0 Å². The van der Waals surface area contributed by atoms with E-state index in [1.807, 2.05) is 0 Å². The third-order valence-electron chi connectivity index (χ3n) is 2.59. The molecule has 0 amide bonds. The van der Waals surface area contributed by atoms with Crippen molar-refractivity contribution in [3.63, 3.8) is 0 Å². The fraction of sp³-hybridized carbons (Fsp3) is 0.909. The van der Waals surface area contributed by atoms with E-state index in [0.717, 1.165) is 39.1 Å². The minimum atomic E-state index is -0.162. The molecule has 15 heavy (non-hydrogen) atoms. The minimum Gasteiger partial charge on any atom is -0.469 e. The Balaban J connectivity index is 1.89. The summed E-state index contributed by atoms with van der Waals surface area (Å²) in [6.07, 6.45) is 3.38. The van der Waals surface area contributed by atoms with E-state index in [4.69, 9.17) is 9.47 Å². The Bertz CT molecular complexity index is 175. The predicted molar refractivity (Wildman–Crippen MR) is 55.6 cm³/mol. The van der Waals surface area contributed by atoms with E-state index in [-0.39, 0.29) is 5.97 Å². The van der Waals surface area contributed by atoms with Crippen LogP contribution in [0.1, 0.15) is 25.7 Å². The van der Waals surface area contributed by atoms with Gasteiger partial charge in [0, 0.05) is 32.8 Å². The molecule has 88 valence electrons. The average molecular weight is 216 g/mol. The van der Waals surface area contributed by atoms with E-state index in [1.165, 1.54) is 7.11 Å². The SMILES string of the molecule is COC(=O)CCCOCC1CCOCC1. The van der Waals surface area contributed by atoms with Gasteiger partial charge in [0.2, 0.25) is 0 Å². The minimum absolute atomic E-state index is 0.162. The number of hydrogen-bond acceptors (Lipinski definition) is 4. The fourth-order valence-corrected chi connectivity index (χ4v) is 1.58. The lowest BCUT2D eigenvalue weighted by Gasteiger charge is -2.21. The molecule has 1 rings (SSSR count). The topological polar surface area (TPSA) is 44.8 Å². The lowest BCUT2D eigenvalue weighted by Crippen LogP contribution is -2.20. The zero-order chi connectivity index (χ0) is 10.9. The highest BCUT2D eigenvalue weighted by Gasteiger charge is 2.13. The molecule has 0 atom stereocenters. The van der Waals surface area contributed by atoms with Gasteiger partial charge in [0.15, 0.2) is 0 Å². The molecule has 1 aliphatic rings. The van der Waals surface area contributed by atoms with Gasteiger partial charge in [-0.2, -0.15) is 0 Å². The van der Waals surface area contributed by atoms with Gasteiger partial charge >= 0.3 is 5.97 Å². The van der Waals surface area contributed by atoms with Crippen molar-refractivity contribution >= 4 is 5.97 Å². The lowest BCUT2D eigenvalue weighted by atomic mass is 10.0. The molecule has 1 aliphatic heterocycles. The lowest BCUT2D eigenvalue weighted by molar-refractivity contribution is -0.141. The van der Waals surface area contributed by atoms with E-state index >= 15 is 0 Å². The molecule has 1 fully saturated rings. The standard InChI is InChI=1S/C11H20O4/c1-13-11(12)3-2-6-15-9-10-4-7-14-8-5-10/h10H,2-9H2,1H3. The van der Waals surface area contributed by atoms with Gasteiger partial charge in [-0.05, 0) is 25.2 Å². The van der Waals surface area contributed by atoms with Gasteiger partial charge < -0.3 is 14.2 Å². The highest BCUT2D eigenvalue weighted by molar-refractivity contribution is 5.68. The summed E-state index contributed by atoms with van der Waals surface area (Å²) in [5.41, 5.74) is 0. The summed E-state index contributed by atoms with van der Waals surface area (Å²) < 4.78 is 15.3. The van der Waals surface area contributed by atoms with E-state index in [9.17, 15) is 4.79 Å². The van der Waals surface area contributed by atoms with E-state index in [0.29, 0.717) is 18.9 Å². The number of hydrogen-bond donors (Lipinski definition) is 0. The number of esters is 1. The summed E-state index contributed by atoms with van der Waals surface area (Å²) in [6.45, 7) is 3.16. The van der Waals surface area contributed by atoms with Crippen LogP contribution in [0.25, 0.3) is 0 Å². The summed E-state index contributed by atoms with van der Waals surface area (Å²) in [6, 6.07) is 0. The molecule has 0 spiro atoms. The van der Waals surface area contributed by atoms with Gasteiger partial charge in [0.1, 0.15) is 0 Å². The van der Waals surface area contributed by atoms with Crippen LogP contribution < -0.4 is 0 Å². The molecule has 0 unspecified atom stereocenters. The second-order valence-corrected chi connectivity index (χ2v) is 3.81. The Morgan fingerprint density at radius 1 is 1.40 bits per heavy atom. The number of ether oxygens (including phenoxy) is 3. The van der Waals surface area contributed by atoms with Crippen molar-refractivity contribution in [1.29, 1.82) is 0 Å². The molecular weight excluding hydrogens is 196 g/mol. The van der Waals surface area contributed by atoms with Crippen LogP contribution in [0.3, 0.4) is 0 Å². The van der Waals surface area contributed by atoms with Gasteiger partial charge in [-0.3, -0.25) is 4.79 Å². The van der Waals surface area contributed by atoms with Crippen LogP contribution >= 0.6 is 0 Å². The summed E-state index contributed by atoms with van der Waals surface area (Å²) in [5.74, 6) is 0.474. The van der Waals surface area contributed by atoms with Gasteiger partial charge in [0.05, 0.1) is 7.11 Å². The van der Waals surface area contributed by atoms with E-state index < -0.39 is 0 Å². The van der Waals surface area contributed by atoms with Gasteiger partial charge in [-0.25, -0.2) is 0 Å². The number of carbonyl (C=O) groups is 1. The first kappa shape index (κ1) is 12.5. The van der Waals surface area contributed by atoms with Crippen molar-refractivity contribution in [2.45, 2.75) is 25.7 Å². The molecule has 1 saturated heterocycles. The molecule has 4 nitrogen and oxygen atoms in total. The quantitative estimate of drug-likeness (QED) is 0.497. The Labute approximate surface area is 90.9 Å². The number of rotatable bonds is 6. The second kappa shape index (κ2) is 7.65. The van der Waals surface area contributed by atoms with Crippen molar-refractivity contribution in [3.8, 4) is 0 Å². The molecule has 0 aromatic heterocycles. The van der Waals surface area contributed by atoms with Crippen molar-refractivity contribution < 1.29 is 19.0 Å². The maximum atomic E-state index is 10.8. The van der Waals surface area contributed by atoms with Gasteiger partial charge in [0.25, 0.3) is 0 Å². The first-order chi connectivity index (χ1) is 7.33. The molecule has 0 N–H and O–H groups in total. The molecule has 0 bridgehead atoms. The maximum Gasteiger partial charge on any atom is 0.305 e. The summed E-state index contributed by atoms with van der Waals surface area (Å²) in [5, 5.41) is 0. The molecule has 4 heteroatoms. The monoisotopic (exact) mass is 216 g/mol. The van der Waals surface area contributed by atoms with Crippen LogP contribution in [-0.2, 0) is 19.0 Å². The smallest absolute Gasteiger partial charge is 0.305 e. The van der Waals surface area contributed by atoms with Crippen molar-refractivity contribution in [3.05, 3.63) is 0 Å². The highest BCUT2D eigenvalue weighted by atomic mass is 16.5. The molecule has 0 radical (unpaired) electrons. The molecule has 0 aromatic carbocycles. The number of methoxy groups -OCH3 is 1. The highest BCUT2D eigenvalue weighted by Crippen LogP contribution is 2.14. The third kappa shape index (κ3) is 5.74. The van der Waals surface area contributed by atoms with Crippen LogP contribution in [0, 0.1) is 5.92 Å². The van der Waals surface area contributed by atoms with Crippen LogP contribution in [0.5, 0.6) is 0 Å². The molecule has 0 aliphatic carbocycles. The van der Waals surface area contributed by atoms with Crippen LogP contribution in [0.2, 0.25) is 0 Å². The second-order valence-electron chi connectivity index (χ2n) is 3.81.